The van der Waals surface area contributed by atoms with Gasteiger partial charge >= 0.3 is 5.97 Å². The van der Waals surface area contributed by atoms with Crippen LogP contribution in [0.1, 0.15) is 123 Å². The molecule has 7 nitrogen and oxygen atoms in total. The molecule has 0 radical (unpaired) electrons. The summed E-state index contributed by atoms with van der Waals surface area (Å²) in [7, 11) is 1.49. The molecule has 5 heterocycles. The molecule has 8 bridgehead atoms. The lowest BCUT2D eigenvalue weighted by atomic mass is 9.50. The highest BCUT2D eigenvalue weighted by atomic mass is 32.2. The van der Waals surface area contributed by atoms with E-state index in [1.807, 2.05) is 13.8 Å². The summed E-state index contributed by atoms with van der Waals surface area (Å²) in [6.07, 6.45) is 13.3. The van der Waals surface area contributed by atoms with E-state index in [1.165, 1.54) is 212 Å². The number of hydrogen-bond acceptors (Lipinski definition) is 7. The molecule has 8 fully saturated rings. The van der Waals surface area contributed by atoms with Gasteiger partial charge in [0.2, 0.25) is 0 Å². The molecule has 8 aliphatic rings. The standard InChI is InChI=1S/C33H35O3S.C33H37O2S.C21H19OS.C20H16OS.C18H13S/c1-20-12-26(37-29-10-6-4-8-27(29)28-9-5-7-11-30(28)37)13-21(2)32(20)35-19-31(34)36-33(3)24-15-22-14-23(17-24)18-25(33)16-22;1-21-14-27(36-30-10-6-4-8-28(30)29-9-5-7-11-31(29)36)15-22(2)32(21)34-12-13-35-33(3)25-17-23-16-24(19-25)20-26(33)18-23;1-14-12-16(13-15(2)21(14)22-3)23-19-10-6-4-8-17(19)18-9-5-7-11-20(18)23;1-13-11-15(12-14(2)20(13)21)22-18-9-5-3-7-16(18)17-8-4-6-10-19(17)22;1-2-8-14(9-3-1)19-17-12-6-4-10-15(17)16-11-5-7-13-18(16)19/h4-13,22-25H,14-19H2,1-3H3;4-11,14-15,23-26H,12-13,16-20H2,1-3H3;4-13H,1-3H3;3-12H,1-2H3;1-13H/q3*+1;;+1/p+1. The fraction of sp³-hybridized carbons (Fsp3) is 0.272. The maximum Gasteiger partial charge on any atom is 0.344 e. The highest BCUT2D eigenvalue weighted by Crippen LogP contribution is 2.63. The molecule has 0 aliphatic heterocycles. The molecule has 688 valence electrons. The monoisotopic (exact) mass is 1890 g/mol. The second-order valence-corrected chi connectivity index (χ2v) is 49.8. The van der Waals surface area contributed by atoms with Gasteiger partial charge in [0.1, 0.15) is 35.2 Å². The highest BCUT2D eigenvalue weighted by Gasteiger charge is 2.58. The molecule has 15 aromatic carbocycles. The number of phenols is 1. The van der Waals surface area contributed by atoms with Crippen LogP contribution in [0, 0.1) is 103 Å². The number of hydrogen-bond donors (Lipinski definition) is 1. The third kappa shape index (κ3) is 16.6. The van der Waals surface area contributed by atoms with E-state index in [2.05, 4.69) is 377 Å². The topological polar surface area (TPSA) is 83.5 Å². The van der Waals surface area contributed by atoms with Gasteiger partial charge in [-0.1, -0.05) is 140 Å². The Morgan fingerprint density at radius 2 is 0.504 bits per heavy atom. The van der Waals surface area contributed by atoms with Gasteiger partial charge in [-0.2, -0.15) is 0 Å². The number of aryl methyl sites for hydroxylation is 8. The number of benzene rings is 15. The maximum absolute atomic E-state index is 13.0. The predicted molar refractivity (Wildman–Crippen MR) is 586 cm³/mol. The summed E-state index contributed by atoms with van der Waals surface area (Å²) in [6, 6.07) is 117. The number of carbonyl (C=O) groups is 1. The number of phenolic OH excluding ortho intramolecular Hbond substituents is 1. The Kier molecular flexibility index (Phi) is 24.6. The molecule has 0 amide bonds. The Bertz CT molecular complexity index is 7620. The van der Waals surface area contributed by atoms with Crippen molar-refractivity contribution in [3.63, 3.8) is 0 Å². The minimum absolute atomic E-state index is 0.0269. The number of fused-ring (bicyclic) bond motifs is 15. The Morgan fingerprint density at radius 3 is 0.774 bits per heavy atom. The van der Waals surface area contributed by atoms with Crippen LogP contribution >= 0.6 is 52.3 Å². The fourth-order valence-corrected chi connectivity index (χ4v) is 38.1. The van der Waals surface area contributed by atoms with Crippen molar-refractivity contribution in [3.8, 4) is 47.5 Å². The van der Waals surface area contributed by atoms with Crippen LogP contribution in [0.5, 0.6) is 23.0 Å². The van der Waals surface area contributed by atoms with Gasteiger partial charge < -0.3 is 28.8 Å². The van der Waals surface area contributed by atoms with Crippen LogP contribution in [0.25, 0.3) is 125 Å². The van der Waals surface area contributed by atoms with Crippen LogP contribution in [0.3, 0.4) is 0 Å². The van der Waals surface area contributed by atoms with Gasteiger partial charge in [0, 0.05) is 155 Å². The summed E-state index contributed by atoms with van der Waals surface area (Å²) in [5, 5.41) is 23.7. The van der Waals surface area contributed by atoms with Crippen LogP contribution in [0.4, 0.5) is 0 Å². The number of esters is 1. The molecule has 20 aromatic rings. The quantitative estimate of drug-likeness (QED) is 0.0622. The van der Waals surface area contributed by atoms with Gasteiger partial charge in [-0.3, -0.25) is 0 Å². The fourth-order valence-electron chi connectivity index (χ4n) is 25.4. The number of methoxy groups -OCH3 is 1. The summed E-state index contributed by atoms with van der Waals surface area (Å²) in [6.45, 7) is 22.7. The van der Waals surface area contributed by atoms with Crippen molar-refractivity contribution in [2.24, 2.45) is 47.3 Å². The van der Waals surface area contributed by atoms with E-state index < -0.39 is 0 Å². The molecule has 8 aliphatic carbocycles. The second kappa shape index (κ2) is 37.4. The van der Waals surface area contributed by atoms with Gasteiger partial charge in [0.15, 0.2) is 78.1 Å². The van der Waals surface area contributed by atoms with Crippen molar-refractivity contribution in [3.05, 3.63) is 366 Å². The van der Waals surface area contributed by atoms with Gasteiger partial charge in [0.05, 0.1) is 19.3 Å². The SMILES string of the molecule is COc1c(C)cc(-[s+]2c3ccccc3c3ccccc32)cc1C.Cc1cc(-[s+]2c3ccccc3c3ccccc32)cc(C)c1O.Cc1cc(-[s+]2c3ccccc3c3ccccc32)cc(C)c1OCC(=O)OC1(C)C2CC3CC(C2)CC1C3.Cc1cc(-[s+]2c3ccccc3c3ccccc32)cc(C)c1OCCOC1(C)C2CC3CC(C2)CC1C3.c1ccc(-[s+]2c3ccccc3c3ccccc32)cc1. The number of rotatable bonds is 15. The molecule has 137 heavy (non-hydrogen) atoms. The Balaban J connectivity index is 0.000000102. The average Bonchev–Trinajstić information content (AvgIpc) is 1.68. The smallest absolute Gasteiger partial charge is 0.344 e. The highest BCUT2D eigenvalue weighted by molar-refractivity contribution is 7.52. The van der Waals surface area contributed by atoms with Crippen molar-refractivity contribution in [1.82, 2.24) is 0 Å². The first-order valence-electron chi connectivity index (χ1n) is 49.2. The summed E-state index contributed by atoms with van der Waals surface area (Å²) in [4.78, 5) is 19.8. The van der Waals surface area contributed by atoms with Gasteiger partial charge in [-0.25, -0.2) is 4.79 Å². The molecule has 28 rings (SSSR count). The normalized spacial score (nSPS) is 20.5. The van der Waals surface area contributed by atoms with E-state index in [1.54, 1.807) is 7.11 Å². The van der Waals surface area contributed by atoms with Gasteiger partial charge in [-0.15, -0.1) is 0 Å². The molecule has 8 saturated carbocycles. The van der Waals surface area contributed by atoms with Crippen LogP contribution in [-0.4, -0.2) is 49.2 Å². The third-order valence-corrected chi connectivity index (χ3v) is 42.9. The Morgan fingerprint density at radius 1 is 0.277 bits per heavy atom. The van der Waals surface area contributed by atoms with E-state index in [9.17, 15) is 9.90 Å². The third-order valence-electron chi connectivity index (χ3n) is 31.3. The molecule has 0 spiro atoms. The largest absolute Gasteiger partial charge is 0.507 e. The number of aromatic hydroxyl groups is 1. The first-order valence-corrected chi connectivity index (χ1v) is 55.3. The molecule has 0 atom stereocenters. The molecule has 0 saturated heterocycles. The van der Waals surface area contributed by atoms with Crippen LogP contribution in [0.15, 0.2) is 322 Å². The summed E-state index contributed by atoms with van der Waals surface area (Å²) >= 11 is 0. The van der Waals surface area contributed by atoms with Gasteiger partial charge in [0.25, 0.3) is 0 Å². The van der Waals surface area contributed by atoms with E-state index in [0.29, 0.717) is 30.8 Å². The van der Waals surface area contributed by atoms with Crippen LogP contribution in [-0.2, 0) is 14.3 Å². The lowest BCUT2D eigenvalue weighted by molar-refractivity contribution is -0.204. The Labute approximate surface area is 818 Å². The van der Waals surface area contributed by atoms with Crippen LogP contribution in [0.2, 0.25) is 0 Å². The van der Waals surface area contributed by atoms with E-state index in [4.69, 9.17) is 23.7 Å². The lowest BCUT2D eigenvalue weighted by Crippen LogP contribution is -2.58. The van der Waals surface area contributed by atoms with E-state index in [-0.39, 0.29) is 76.1 Å². The van der Waals surface area contributed by atoms with Crippen molar-refractivity contribution in [2.75, 3.05) is 26.9 Å². The first-order chi connectivity index (χ1) is 66.7. The number of ether oxygens (including phenoxy) is 5. The van der Waals surface area contributed by atoms with Gasteiger partial charge in [-0.05, 0) is 359 Å². The summed E-state index contributed by atoms with van der Waals surface area (Å²) < 4.78 is 45.1. The lowest BCUT2D eigenvalue weighted by Gasteiger charge is -2.59. The zero-order valence-electron chi connectivity index (χ0n) is 80.3. The summed E-state index contributed by atoms with van der Waals surface area (Å²) in [5.74, 6) is 9.24. The van der Waals surface area contributed by atoms with Crippen molar-refractivity contribution in [2.45, 2.75) is 145 Å². The molecular weight excluding hydrogens is 1770 g/mol. The van der Waals surface area contributed by atoms with Crippen molar-refractivity contribution >= 4 is 159 Å². The van der Waals surface area contributed by atoms with Crippen molar-refractivity contribution < 1.29 is 33.6 Å². The number of carbonyl (C=O) groups excluding carboxylic acids is 1. The summed E-state index contributed by atoms with van der Waals surface area (Å²) in [5.41, 5.74) is 8.64. The molecule has 5 aromatic heterocycles. The maximum atomic E-state index is 13.0. The molecule has 0 unspecified atom stereocenters. The average molecular weight is 1900 g/mol. The van der Waals surface area contributed by atoms with Crippen LogP contribution < -0.4 is 14.2 Å². The van der Waals surface area contributed by atoms with E-state index in [0.717, 1.165) is 75.0 Å². The molecular formula is C125H121O7S5+5. The zero-order valence-corrected chi connectivity index (χ0v) is 84.4. The minimum Gasteiger partial charge on any atom is -0.507 e. The molecule has 12 heteroatoms. The Hall–Kier alpha value is -12.0. The van der Waals surface area contributed by atoms with E-state index >= 15 is 0 Å². The number of thiophene rings is 5. The minimum atomic E-state index is -0.313. The predicted octanol–water partition coefficient (Wildman–Crippen LogP) is 35.6. The second-order valence-electron chi connectivity index (χ2n) is 40.0. The van der Waals surface area contributed by atoms with Crippen molar-refractivity contribution in [1.29, 1.82) is 0 Å². The zero-order chi connectivity index (χ0) is 93.6. The molecule has 1 N–H and O–H groups in total. The first kappa shape index (κ1) is 90.2.